The van der Waals surface area contributed by atoms with E-state index < -0.39 is 29.4 Å². The van der Waals surface area contributed by atoms with Gasteiger partial charge >= 0.3 is 5.97 Å². The monoisotopic (exact) mass is 450 g/mol. The highest BCUT2D eigenvalue weighted by atomic mass is 35.5. The fourth-order valence-corrected chi connectivity index (χ4v) is 4.40. The first-order valence-electron chi connectivity index (χ1n) is 9.73. The Balaban J connectivity index is 1.50. The molecule has 0 radical (unpaired) electrons. The highest BCUT2D eigenvalue weighted by molar-refractivity contribution is 6.33. The van der Waals surface area contributed by atoms with E-state index in [2.05, 4.69) is 15.2 Å². The van der Waals surface area contributed by atoms with E-state index in [1.807, 2.05) is 0 Å². The highest BCUT2D eigenvalue weighted by Gasteiger charge is 2.51. The van der Waals surface area contributed by atoms with Gasteiger partial charge in [0.25, 0.3) is 12.3 Å². The van der Waals surface area contributed by atoms with Crippen LogP contribution in [0.4, 0.5) is 8.78 Å². The number of phenolic OH excluding ortho intramolecular Hbond substituents is 1. The van der Waals surface area contributed by atoms with Crippen LogP contribution in [0, 0.1) is 5.92 Å². The lowest BCUT2D eigenvalue weighted by Crippen LogP contribution is -2.33. The maximum absolute atomic E-state index is 13.3. The Labute approximate surface area is 179 Å². The van der Waals surface area contributed by atoms with Gasteiger partial charge in [-0.05, 0) is 43.4 Å². The molecule has 2 aromatic heterocycles. The van der Waals surface area contributed by atoms with Crippen molar-refractivity contribution in [1.82, 2.24) is 19.9 Å². The first-order chi connectivity index (χ1) is 14.8. The van der Waals surface area contributed by atoms with E-state index in [-0.39, 0.29) is 41.2 Å². The van der Waals surface area contributed by atoms with Gasteiger partial charge in [-0.3, -0.25) is 9.48 Å². The van der Waals surface area contributed by atoms with Gasteiger partial charge in [0.05, 0.1) is 22.4 Å². The van der Waals surface area contributed by atoms with E-state index in [1.165, 1.54) is 16.8 Å². The molecule has 11 heteroatoms. The second kappa shape index (κ2) is 7.01. The molecular formula is C20H17ClF2N4O4. The summed E-state index contributed by atoms with van der Waals surface area (Å²) >= 11 is 6.28. The summed E-state index contributed by atoms with van der Waals surface area (Å²) in [7, 11) is 0. The van der Waals surface area contributed by atoms with Crippen molar-refractivity contribution in [2.24, 2.45) is 5.92 Å². The predicted octanol–water partition coefficient (Wildman–Crippen LogP) is 4.35. The van der Waals surface area contributed by atoms with Crippen LogP contribution in [-0.2, 0) is 10.2 Å². The van der Waals surface area contributed by atoms with Crippen LogP contribution in [0.3, 0.4) is 0 Å². The van der Waals surface area contributed by atoms with Crippen molar-refractivity contribution >= 4 is 17.6 Å². The third-order valence-electron chi connectivity index (χ3n) is 6.10. The third-order valence-corrected chi connectivity index (χ3v) is 6.50. The smallest absolute Gasteiger partial charge is 0.306 e. The van der Waals surface area contributed by atoms with Gasteiger partial charge in [-0.15, -0.1) is 0 Å². The van der Waals surface area contributed by atoms with Gasteiger partial charge in [0.15, 0.2) is 5.82 Å². The van der Waals surface area contributed by atoms with Crippen LogP contribution in [0.1, 0.15) is 55.2 Å². The lowest BCUT2D eigenvalue weighted by Gasteiger charge is -2.33. The minimum atomic E-state index is -2.79. The number of hydrogen-bond acceptors (Lipinski definition) is 6. The molecule has 0 saturated heterocycles. The quantitative estimate of drug-likeness (QED) is 0.573. The lowest BCUT2D eigenvalue weighted by atomic mass is 9.80. The normalized spacial score (nSPS) is 21.8. The molecule has 2 heterocycles. The maximum Gasteiger partial charge on any atom is 0.306 e. The highest BCUT2D eigenvalue weighted by Crippen LogP contribution is 2.55. The molecule has 0 amide bonds. The summed E-state index contributed by atoms with van der Waals surface area (Å²) in [4.78, 5) is 15.6. The number of hydrogen-bond donors (Lipinski definition) is 2. The molecule has 8 nitrogen and oxygen atoms in total. The van der Waals surface area contributed by atoms with Gasteiger partial charge in [-0.2, -0.15) is 10.1 Å². The van der Waals surface area contributed by atoms with Crippen LogP contribution in [-0.4, -0.2) is 36.1 Å². The largest absolute Gasteiger partial charge is 0.506 e. The molecule has 0 unspecified atom stereocenters. The van der Waals surface area contributed by atoms with Crippen LogP contribution in [0.25, 0.3) is 11.6 Å². The van der Waals surface area contributed by atoms with Crippen LogP contribution in [0.5, 0.6) is 5.75 Å². The number of carboxylic acid groups (broad SMARTS) is 1. The zero-order valence-corrected chi connectivity index (χ0v) is 16.8. The summed E-state index contributed by atoms with van der Waals surface area (Å²) in [5.41, 5.74) is -0.156. The van der Waals surface area contributed by atoms with Crippen molar-refractivity contribution in [3.63, 3.8) is 0 Å². The number of halogens is 3. The number of nitrogens with zero attached hydrogens (tertiary/aromatic N) is 4. The number of aromatic nitrogens is 4. The summed E-state index contributed by atoms with van der Waals surface area (Å²) in [6, 6.07) is 5.80. The number of carboxylic acids is 1. The van der Waals surface area contributed by atoms with Crippen molar-refractivity contribution in [2.45, 2.75) is 43.6 Å². The first-order valence-corrected chi connectivity index (χ1v) is 10.1. The SMILES string of the molecule is O=C(O)C1CC(n2nc(C(F)F)cc2-c2nc(C3(c4cccc(O)c4Cl)CC3)no2)C1. The van der Waals surface area contributed by atoms with Gasteiger partial charge in [-0.1, -0.05) is 28.9 Å². The van der Waals surface area contributed by atoms with Crippen molar-refractivity contribution in [3.8, 4) is 17.3 Å². The van der Waals surface area contributed by atoms with Gasteiger partial charge in [0.1, 0.15) is 17.1 Å². The average molecular weight is 451 g/mol. The summed E-state index contributed by atoms with van der Waals surface area (Å²) in [6.07, 6.45) is -0.828. The molecular weight excluding hydrogens is 434 g/mol. The Hall–Kier alpha value is -3.01. The number of aromatic hydroxyl groups is 1. The number of phenols is 1. The molecule has 2 saturated carbocycles. The number of alkyl halides is 2. The lowest BCUT2D eigenvalue weighted by molar-refractivity contribution is -0.146. The van der Waals surface area contributed by atoms with Crippen LogP contribution in [0.2, 0.25) is 5.02 Å². The minimum absolute atomic E-state index is 0.0238. The molecule has 2 aliphatic carbocycles. The molecule has 0 atom stereocenters. The van der Waals surface area contributed by atoms with Crippen LogP contribution in [0.15, 0.2) is 28.8 Å². The topological polar surface area (TPSA) is 114 Å². The molecule has 162 valence electrons. The second-order valence-electron chi connectivity index (χ2n) is 8.00. The van der Waals surface area contributed by atoms with E-state index >= 15 is 0 Å². The van der Waals surface area contributed by atoms with Crippen molar-refractivity contribution in [1.29, 1.82) is 0 Å². The molecule has 0 bridgehead atoms. The van der Waals surface area contributed by atoms with Crippen molar-refractivity contribution < 1.29 is 28.3 Å². The Morgan fingerprint density at radius 2 is 2.06 bits per heavy atom. The van der Waals surface area contributed by atoms with E-state index in [1.54, 1.807) is 12.1 Å². The number of carbonyl (C=O) groups is 1. The predicted molar refractivity (Wildman–Crippen MR) is 103 cm³/mol. The molecule has 31 heavy (non-hydrogen) atoms. The number of aliphatic carboxylic acids is 1. The standard InChI is InChI=1S/C20H17ClF2N4O4/c21-15-11(2-1-3-14(15)28)20(4-5-20)19-24-17(31-26-19)13-8-12(16(22)23)25-27(13)10-6-9(7-10)18(29)30/h1-3,8-10,16,28H,4-7H2,(H,29,30). The van der Waals surface area contributed by atoms with Gasteiger partial charge in [0, 0.05) is 0 Å². The summed E-state index contributed by atoms with van der Waals surface area (Å²) in [6.45, 7) is 0. The molecule has 5 rings (SSSR count). The van der Waals surface area contributed by atoms with E-state index in [0.29, 0.717) is 24.2 Å². The van der Waals surface area contributed by atoms with E-state index in [4.69, 9.17) is 21.2 Å². The first kappa shape index (κ1) is 19.9. The Bertz CT molecular complexity index is 1170. The fraction of sp³-hybridized carbons (Fsp3) is 0.400. The van der Waals surface area contributed by atoms with E-state index in [9.17, 15) is 18.7 Å². The molecule has 2 fully saturated rings. The van der Waals surface area contributed by atoms with Gasteiger partial charge in [0.2, 0.25) is 0 Å². The van der Waals surface area contributed by atoms with Gasteiger partial charge in [-0.25, -0.2) is 8.78 Å². The Morgan fingerprint density at radius 3 is 2.71 bits per heavy atom. The third kappa shape index (κ3) is 3.16. The Kier molecular flexibility index (Phi) is 4.51. The minimum Gasteiger partial charge on any atom is -0.506 e. The maximum atomic E-state index is 13.3. The van der Waals surface area contributed by atoms with Crippen molar-refractivity contribution in [2.75, 3.05) is 0 Å². The molecule has 2 aliphatic rings. The molecule has 3 aromatic rings. The number of benzene rings is 1. The second-order valence-corrected chi connectivity index (χ2v) is 8.38. The van der Waals surface area contributed by atoms with Crippen LogP contribution < -0.4 is 0 Å². The van der Waals surface area contributed by atoms with Crippen molar-refractivity contribution in [3.05, 3.63) is 46.4 Å². The zero-order valence-electron chi connectivity index (χ0n) is 16.0. The van der Waals surface area contributed by atoms with Gasteiger partial charge < -0.3 is 14.7 Å². The molecule has 1 aromatic carbocycles. The fourth-order valence-electron chi connectivity index (χ4n) is 4.10. The van der Waals surface area contributed by atoms with E-state index in [0.717, 1.165) is 0 Å². The molecule has 0 aliphatic heterocycles. The average Bonchev–Trinajstić information content (AvgIpc) is 3.13. The Morgan fingerprint density at radius 1 is 1.32 bits per heavy atom. The molecule has 2 N–H and O–H groups in total. The summed E-state index contributed by atoms with van der Waals surface area (Å²) in [5, 5.41) is 27.3. The zero-order chi connectivity index (χ0) is 21.9. The number of rotatable bonds is 6. The molecule has 0 spiro atoms. The summed E-state index contributed by atoms with van der Waals surface area (Å²) in [5.74, 6) is -1.13. The van der Waals surface area contributed by atoms with Crippen LogP contribution >= 0.6 is 11.6 Å². The summed E-state index contributed by atoms with van der Waals surface area (Å²) < 4.78 is 33.4.